The molecule has 1 aromatic heterocycles. The lowest BCUT2D eigenvalue weighted by molar-refractivity contribution is 0.102. The minimum atomic E-state index is -0.159. The maximum absolute atomic E-state index is 12.0. The number of pyridine rings is 1. The number of anilines is 2. The fourth-order valence-electron chi connectivity index (χ4n) is 2.39. The fraction of sp³-hybridized carbons (Fsp3) is 0.294. The Morgan fingerprint density at radius 1 is 1.23 bits per heavy atom. The molecule has 1 fully saturated rings. The number of nitrogens with zero attached hydrogens (tertiary/aromatic N) is 1. The molecule has 0 saturated carbocycles. The number of benzene rings is 1. The van der Waals surface area contributed by atoms with E-state index in [1.54, 1.807) is 24.4 Å². The molecular weight excluding hydrogens is 278 g/mol. The van der Waals surface area contributed by atoms with E-state index in [4.69, 9.17) is 4.74 Å². The Balaban J connectivity index is 1.53. The van der Waals surface area contributed by atoms with Crippen molar-refractivity contribution in [3.8, 4) is 0 Å². The van der Waals surface area contributed by atoms with E-state index < -0.39 is 0 Å². The predicted molar refractivity (Wildman–Crippen MR) is 86.1 cm³/mol. The lowest BCUT2D eigenvalue weighted by atomic mass is 10.2. The number of carbonyl (C=O) groups is 1. The van der Waals surface area contributed by atoms with Crippen LogP contribution in [-0.4, -0.2) is 30.1 Å². The molecule has 22 heavy (non-hydrogen) atoms. The molecule has 2 heterocycles. The lowest BCUT2D eigenvalue weighted by Crippen LogP contribution is -2.18. The Labute approximate surface area is 129 Å². The topological polar surface area (TPSA) is 63.2 Å². The van der Waals surface area contributed by atoms with Crippen molar-refractivity contribution >= 4 is 17.4 Å². The minimum absolute atomic E-state index is 0.159. The van der Waals surface area contributed by atoms with E-state index in [2.05, 4.69) is 15.6 Å². The largest absolute Gasteiger partial charge is 0.381 e. The van der Waals surface area contributed by atoms with Crippen LogP contribution < -0.4 is 10.6 Å². The van der Waals surface area contributed by atoms with Gasteiger partial charge in [-0.2, -0.15) is 0 Å². The maximum atomic E-state index is 12.0. The first-order valence-corrected chi connectivity index (χ1v) is 7.49. The molecule has 1 aromatic carbocycles. The summed E-state index contributed by atoms with van der Waals surface area (Å²) in [6, 6.07) is 12.8. The standard InChI is InChI=1S/C17H19N3O2/c21-17(13-5-2-1-3-6-13)20-16-9-8-14(11-19-16)18-12-15-7-4-10-22-15/h1-3,5-6,8-9,11,15,18H,4,7,10,12H2,(H,19,20,21). The Kier molecular flexibility index (Phi) is 4.65. The molecule has 1 saturated heterocycles. The van der Waals surface area contributed by atoms with Crippen LogP contribution in [0.5, 0.6) is 0 Å². The van der Waals surface area contributed by atoms with E-state index in [-0.39, 0.29) is 12.0 Å². The SMILES string of the molecule is O=C(Nc1ccc(NCC2CCCO2)cn1)c1ccccc1. The van der Waals surface area contributed by atoms with E-state index >= 15 is 0 Å². The van der Waals surface area contributed by atoms with Gasteiger partial charge in [0.15, 0.2) is 0 Å². The summed E-state index contributed by atoms with van der Waals surface area (Å²) in [7, 11) is 0. The highest BCUT2D eigenvalue weighted by Gasteiger charge is 2.14. The molecule has 0 aliphatic carbocycles. The molecule has 114 valence electrons. The molecule has 3 rings (SSSR count). The van der Waals surface area contributed by atoms with Crippen molar-refractivity contribution in [3.63, 3.8) is 0 Å². The van der Waals surface area contributed by atoms with Crippen LogP contribution in [0.4, 0.5) is 11.5 Å². The molecular formula is C17H19N3O2. The molecule has 1 aliphatic rings. The van der Waals surface area contributed by atoms with Crippen LogP contribution in [0.3, 0.4) is 0 Å². The van der Waals surface area contributed by atoms with Gasteiger partial charge in [-0.25, -0.2) is 4.98 Å². The second-order valence-corrected chi connectivity index (χ2v) is 5.27. The summed E-state index contributed by atoms with van der Waals surface area (Å²) in [5, 5.41) is 6.08. The Morgan fingerprint density at radius 2 is 2.09 bits per heavy atom. The molecule has 2 N–H and O–H groups in total. The van der Waals surface area contributed by atoms with Gasteiger partial charge in [-0.15, -0.1) is 0 Å². The lowest BCUT2D eigenvalue weighted by Gasteiger charge is -2.12. The number of amides is 1. The highest BCUT2D eigenvalue weighted by atomic mass is 16.5. The smallest absolute Gasteiger partial charge is 0.256 e. The molecule has 5 nitrogen and oxygen atoms in total. The third-order valence-corrected chi connectivity index (χ3v) is 3.60. The first kappa shape index (κ1) is 14.5. The summed E-state index contributed by atoms with van der Waals surface area (Å²) < 4.78 is 5.56. The second kappa shape index (κ2) is 7.04. The molecule has 5 heteroatoms. The summed E-state index contributed by atoms with van der Waals surface area (Å²) in [6.45, 7) is 1.65. The maximum Gasteiger partial charge on any atom is 0.256 e. The zero-order valence-electron chi connectivity index (χ0n) is 12.3. The minimum Gasteiger partial charge on any atom is -0.381 e. The number of aromatic nitrogens is 1. The molecule has 1 unspecified atom stereocenters. The summed E-state index contributed by atoms with van der Waals surface area (Å²) in [5.41, 5.74) is 1.54. The first-order valence-electron chi connectivity index (χ1n) is 7.49. The van der Waals surface area contributed by atoms with Gasteiger partial charge in [-0.3, -0.25) is 4.79 Å². The van der Waals surface area contributed by atoms with Crippen molar-refractivity contribution in [1.29, 1.82) is 0 Å². The summed E-state index contributed by atoms with van der Waals surface area (Å²) in [6.07, 6.45) is 4.24. The Hall–Kier alpha value is -2.40. The van der Waals surface area contributed by atoms with Gasteiger partial charge >= 0.3 is 0 Å². The van der Waals surface area contributed by atoms with E-state index in [0.717, 1.165) is 31.7 Å². The average Bonchev–Trinajstić information content (AvgIpc) is 3.08. The third-order valence-electron chi connectivity index (χ3n) is 3.60. The Morgan fingerprint density at radius 3 is 2.77 bits per heavy atom. The van der Waals surface area contributed by atoms with Gasteiger partial charge in [0, 0.05) is 18.7 Å². The molecule has 0 radical (unpaired) electrons. The van der Waals surface area contributed by atoms with Gasteiger partial charge in [0.25, 0.3) is 5.91 Å². The zero-order valence-corrected chi connectivity index (χ0v) is 12.3. The number of hydrogen-bond donors (Lipinski definition) is 2. The van der Waals surface area contributed by atoms with Crippen LogP contribution in [0.2, 0.25) is 0 Å². The number of carbonyl (C=O) groups excluding carboxylic acids is 1. The molecule has 1 atom stereocenters. The number of rotatable bonds is 5. The van der Waals surface area contributed by atoms with Gasteiger partial charge in [-0.05, 0) is 37.1 Å². The van der Waals surface area contributed by atoms with Gasteiger partial charge in [-0.1, -0.05) is 18.2 Å². The highest BCUT2D eigenvalue weighted by Crippen LogP contribution is 2.15. The number of nitrogens with one attached hydrogen (secondary N) is 2. The van der Waals surface area contributed by atoms with Crippen molar-refractivity contribution in [2.75, 3.05) is 23.8 Å². The van der Waals surface area contributed by atoms with Crippen LogP contribution in [-0.2, 0) is 4.74 Å². The van der Waals surface area contributed by atoms with Crippen LogP contribution in [0.15, 0.2) is 48.7 Å². The Bertz CT molecular complexity index is 608. The zero-order chi connectivity index (χ0) is 15.2. The third kappa shape index (κ3) is 3.83. The molecule has 1 amide bonds. The van der Waals surface area contributed by atoms with Gasteiger partial charge in [0.2, 0.25) is 0 Å². The summed E-state index contributed by atoms with van der Waals surface area (Å²) >= 11 is 0. The van der Waals surface area contributed by atoms with Crippen LogP contribution in [0.1, 0.15) is 23.2 Å². The van der Waals surface area contributed by atoms with E-state index in [1.807, 2.05) is 24.3 Å². The number of ether oxygens (including phenoxy) is 1. The van der Waals surface area contributed by atoms with Crippen LogP contribution >= 0.6 is 0 Å². The summed E-state index contributed by atoms with van der Waals surface area (Å²) in [4.78, 5) is 16.3. The monoisotopic (exact) mass is 297 g/mol. The van der Waals surface area contributed by atoms with Gasteiger partial charge in [0.05, 0.1) is 18.0 Å². The first-order chi connectivity index (χ1) is 10.8. The summed E-state index contributed by atoms with van der Waals surface area (Å²) in [5.74, 6) is 0.379. The number of hydrogen-bond acceptors (Lipinski definition) is 4. The molecule has 0 bridgehead atoms. The average molecular weight is 297 g/mol. The van der Waals surface area contributed by atoms with E-state index in [0.29, 0.717) is 11.4 Å². The van der Waals surface area contributed by atoms with Crippen molar-refractivity contribution in [2.45, 2.75) is 18.9 Å². The van der Waals surface area contributed by atoms with E-state index in [9.17, 15) is 4.79 Å². The van der Waals surface area contributed by atoms with Gasteiger partial charge in [0.1, 0.15) is 5.82 Å². The second-order valence-electron chi connectivity index (χ2n) is 5.27. The van der Waals surface area contributed by atoms with E-state index in [1.165, 1.54) is 0 Å². The van der Waals surface area contributed by atoms with Crippen molar-refractivity contribution in [2.24, 2.45) is 0 Å². The quantitative estimate of drug-likeness (QED) is 0.890. The van der Waals surface area contributed by atoms with Crippen LogP contribution in [0.25, 0.3) is 0 Å². The van der Waals surface area contributed by atoms with Crippen molar-refractivity contribution in [1.82, 2.24) is 4.98 Å². The normalized spacial score (nSPS) is 17.2. The van der Waals surface area contributed by atoms with Crippen molar-refractivity contribution < 1.29 is 9.53 Å². The van der Waals surface area contributed by atoms with Crippen molar-refractivity contribution in [3.05, 3.63) is 54.2 Å². The molecule has 2 aromatic rings. The fourth-order valence-corrected chi connectivity index (χ4v) is 2.39. The van der Waals surface area contributed by atoms with Crippen LogP contribution in [0, 0.1) is 0 Å². The molecule has 0 spiro atoms. The highest BCUT2D eigenvalue weighted by molar-refractivity contribution is 6.03. The molecule has 1 aliphatic heterocycles. The van der Waals surface area contributed by atoms with Gasteiger partial charge < -0.3 is 15.4 Å². The predicted octanol–water partition coefficient (Wildman–Crippen LogP) is 2.92.